The monoisotopic (exact) mass is 580 g/mol. The molecule has 1 rings (SSSR count). The number of rotatable bonds is 8. The minimum atomic E-state index is -8.31. The Morgan fingerprint density at radius 2 is 1.00 bits per heavy atom. The van der Waals surface area contributed by atoms with Crippen LogP contribution in [-0.4, -0.2) is 52.7 Å². The normalized spacial score (nSPS) is 17.0. The first-order valence-electron chi connectivity index (χ1n) is 9.44. The summed E-state index contributed by atoms with van der Waals surface area (Å²) in [5.41, 5.74) is -8.59. The predicted octanol–water partition coefficient (Wildman–Crippen LogP) is 7.74. The van der Waals surface area contributed by atoms with Crippen molar-refractivity contribution in [3.8, 4) is 5.75 Å². The predicted molar refractivity (Wildman–Crippen MR) is 92.2 cm³/mol. The van der Waals surface area contributed by atoms with Gasteiger partial charge >= 0.3 is 42.0 Å². The lowest BCUT2D eigenvalue weighted by molar-refractivity contribution is -0.443. The van der Waals surface area contributed by atoms with Crippen LogP contribution in [0.5, 0.6) is 5.75 Å². The lowest BCUT2D eigenvalue weighted by Gasteiger charge is -2.42. The molecule has 18 heteroatoms. The maximum absolute atomic E-state index is 14.3. The van der Waals surface area contributed by atoms with Gasteiger partial charge in [-0.3, -0.25) is 0 Å². The van der Waals surface area contributed by atoms with Crippen molar-refractivity contribution >= 4 is 0 Å². The number of ether oxygens (including phenoxy) is 1. The van der Waals surface area contributed by atoms with E-state index in [0.29, 0.717) is 12.1 Å². The maximum atomic E-state index is 14.3. The van der Waals surface area contributed by atoms with Gasteiger partial charge in [0.1, 0.15) is 11.4 Å². The minimum Gasteiger partial charge on any atom is -0.488 e. The smallest absolute Gasteiger partial charge is 0.460 e. The van der Waals surface area contributed by atoms with E-state index in [1.165, 1.54) is 20.8 Å². The fourth-order valence-electron chi connectivity index (χ4n) is 2.81. The van der Waals surface area contributed by atoms with Crippen molar-refractivity contribution in [1.82, 2.24) is 0 Å². The molecule has 0 aliphatic heterocycles. The molecule has 37 heavy (non-hydrogen) atoms. The van der Waals surface area contributed by atoms with Crippen molar-refractivity contribution < 1.29 is 80.1 Å². The molecule has 2 nitrogen and oxygen atoms in total. The molecular weight excluding hydrogens is 564 g/mol. The fourth-order valence-corrected chi connectivity index (χ4v) is 2.81. The van der Waals surface area contributed by atoms with Crippen molar-refractivity contribution in [2.75, 3.05) is 0 Å². The largest absolute Gasteiger partial charge is 0.488 e. The summed E-state index contributed by atoms with van der Waals surface area (Å²) in [7, 11) is 0. The van der Waals surface area contributed by atoms with Crippen LogP contribution in [0.1, 0.15) is 32.8 Å². The number of alkyl halides is 16. The van der Waals surface area contributed by atoms with E-state index in [9.17, 15) is 75.4 Å². The molecule has 0 aliphatic carbocycles. The van der Waals surface area contributed by atoms with Crippen LogP contribution in [0.4, 0.5) is 70.2 Å². The SMILES string of the molecule is CC(C)(C)Oc1ccccc1C(O)(CC(F)(F)C(F)(F)C(F)(F)C(F)(F)C(F)(F)C(F)(F)F)C(F)(F)F. The summed E-state index contributed by atoms with van der Waals surface area (Å²) < 4.78 is 219. The molecule has 0 saturated carbocycles. The van der Waals surface area contributed by atoms with E-state index < -0.39 is 70.9 Å². The van der Waals surface area contributed by atoms with Gasteiger partial charge in [-0.15, -0.1) is 0 Å². The van der Waals surface area contributed by atoms with Crippen molar-refractivity contribution in [2.45, 2.75) is 80.4 Å². The first kappa shape index (κ1) is 32.9. The fraction of sp³-hybridized carbons (Fsp3) is 0.684. The molecule has 1 N–H and O–H groups in total. The first-order chi connectivity index (χ1) is 15.9. The minimum absolute atomic E-state index is 0.160. The van der Waals surface area contributed by atoms with Crippen molar-refractivity contribution in [2.24, 2.45) is 0 Å². The van der Waals surface area contributed by atoms with Gasteiger partial charge in [-0.05, 0) is 26.8 Å². The number of halogens is 16. The van der Waals surface area contributed by atoms with Crippen LogP contribution in [0.2, 0.25) is 0 Å². The molecule has 1 unspecified atom stereocenters. The second kappa shape index (κ2) is 8.97. The number of hydrogen-bond acceptors (Lipinski definition) is 2. The van der Waals surface area contributed by atoms with Gasteiger partial charge in [0.05, 0.1) is 6.42 Å². The molecule has 1 aromatic rings. The van der Waals surface area contributed by atoms with E-state index >= 15 is 0 Å². The molecule has 0 bridgehead atoms. The lowest BCUT2D eigenvalue weighted by atomic mass is 9.82. The quantitative estimate of drug-likeness (QED) is 0.319. The van der Waals surface area contributed by atoms with Crippen LogP contribution >= 0.6 is 0 Å². The summed E-state index contributed by atoms with van der Waals surface area (Å²) in [6.45, 7) is 3.51. The molecule has 0 amide bonds. The molecule has 0 aromatic heterocycles. The van der Waals surface area contributed by atoms with Gasteiger partial charge < -0.3 is 9.84 Å². The maximum Gasteiger partial charge on any atom is 0.460 e. The molecule has 0 heterocycles. The highest BCUT2D eigenvalue weighted by atomic mass is 19.4. The van der Waals surface area contributed by atoms with E-state index in [1.54, 1.807) is 0 Å². The Bertz CT molecular complexity index is 958. The van der Waals surface area contributed by atoms with Gasteiger partial charge in [-0.2, -0.15) is 70.2 Å². The Morgan fingerprint density at radius 1 is 0.595 bits per heavy atom. The van der Waals surface area contributed by atoms with Gasteiger partial charge in [-0.25, -0.2) is 0 Å². The van der Waals surface area contributed by atoms with E-state index in [2.05, 4.69) is 0 Å². The van der Waals surface area contributed by atoms with Crippen molar-refractivity contribution in [3.05, 3.63) is 29.8 Å². The summed E-state index contributed by atoms with van der Waals surface area (Å²) in [6, 6.07) is 2.24. The highest BCUT2D eigenvalue weighted by Crippen LogP contribution is 2.62. The summed E-state index contributed by atoms with van der Waals surface area (Å²) in [6.07, 6.45) is -18.1. The number of aliphatic hydroxyl groups is 1. The third kappa shape index (κ3) is 5.39. The van der Waals surface area contributed by atoms with Crippen LogP contribution in [-0.2, 0) is 5.60 Å². The van der Waals surface area contributed by atoms with Gasteiger partial charge in [0.15, 0.2) is 5.60 Å². The van der Waals surface area contributed by atoms with Crippen LogP contribution in [0.3, 0.4) is 0 Å². The van der Waals surface area contributed by atoms with Gasteiger partial charge in [0.25, 0.3) is 0 Å². The van der Waals surface area contributed by atoms with Gasteiger partial charge in [0, 0.05) is 5.56 Å². The average Bonchev–Trinajstić information content (AvgIpc) is 2.64. The van der Waals surface area contributed by atoms with Crippen LogP contribution < -0.4 is 4.74 Å². The average molecular weight is 580 g/mol. The van der Waals surface area contributed by atoms with Crippen LogP contribution in [0, 0.1) is 0 Å². The second-order valence-electron chi connectivity index (χ2n) is 8.75. The molecule has 1 atom stereocenters. The Hall–Kier alpha value is -2.14. The molecule has 0 aliphatic rings. The number of para-hydroxylation sites is 1. The number of benzene rings is 1. The molecule has 0 radical (unpaired) electrons. The second-order valence-corrected chi connectivity index (χ2v) is 8.75. The van der Waals surface area contributed by atoms with E-state index in [4.69, 9.17) is 4.74 Å². The third-order valence-electron chi connectivity index (χ3n) is 4.69. The van der Waals surface area contributed by atoms with Gasteiger partial charge in [0.2, 0.25) is 0 Å². The molecule has 0 spiro atoms. The molecule has 0 fully saturated rings. The van der Waals surface area contributed by atoms with E-state index in [-0.39, 0.29) is 6.07 Å². The zero-order valence-corrected chi connectivity index (χ0v) is 18.4. The summed E-state index contributed by atoms with van der Waals surface area (Å²) in [5, 5.41) is 10.1. The third-order valence-corrected chi connectivity index (χ3v) is 4.69. The highest BCUT2D eigenvalue weighted by molar-refractivity contribution is 5.40. The molecule has 1 aromatic carbocycles. The summed E-state index contributed by atoms with van der Waals surface area (Å²) in [5.74, 6) is -41.0. The van der Waals surface area contributed by atoms with Crippen LogP contribution in [0.25, 0.3) is 0 Å². The molecule has 0 saturated heterocycles. The lowest BCUT2D eigenvalue weighted by Crippen LogP contribution is -2.70. The topological polar surface area (TPSA) is 29.5 Å². The van der Waals surface area contributed by atoms with Crippen molar-refractivity contribution in [1.29, 1.82) is 0 Å². The van der Waals surface area contributed by atoms with E-state index in [0.717, 1.165) is 6.07 Å². The number of hydrogen-bond donors (Lipinski definition) is 1. The van der Waals surface area contributed by atoms with E-state index in [1.807, 2.05) is 0 Å². The molecular formula is C19H16F16O2. The van der Waals surface area contributed by atoms with Crippen molar-refractivity contribution in [3.63, 3.8) is 0 Å². The zero-order valence-electron chi connectivity index (χ0n) is 18.4. The Labute approximate surface area is 197 Å². The standard InChI is InChI=1S/C19H16F16O2/c1-11(2,3)37-10-7-5-4-6-9(10)12(36,18(30,31)32)8-13(20,21)14(22,23)15(24,25)16(26,27)17(28,29)19(33,34)35/h4-7,36H,8H2,1-3H3. The summed E-state index contributed by atoms with van der Waals surface area (Å²) in [4.78, 5) is 0. The highest BCUT2D eigenvalue weighted by Gasteiger charge is 2.91. The van der Waals surface area contributed by atoms with Crippen LogP contribution in [0.15, 0.2) is 24.3 Å². The zero-order chi connectivity index (χ0) is 29.9. The first-order valence-corrected chi connectivity index (χ1v) is 9.44. The molecule has 216 valence electrons. The Balaban J connectivity index is 3.79. The summed E-state index contributed by atoms with van der Waals surface area (Å²) >= 11 is 0. The Kier molecular flexibility index (Phi) is 7.97. The van der Waals surface area contributed by atoms with Gasteiger partial charge in [-0.1, -0.05) is 18.2 Å². The Morgan fingerprint density at radius 3 is 1.38 bits per heavy atom.